The summed E-state index contributed by atoms with van der Waals surface area (Å²) in [6.45, 7) is 3.24. The fraction of sp³-hybridized carbons (Fsp3) is 0.500. The Hall–Kier alpha value is -3.64. The van der Waals surface area contributed by atoms with Gasteiger partial charge in [-0.25, -0.2) is 9.59 Å². The largest absolute Gasteiger partial charge is 0.402 e. The molecule has 2 aromatic rings. The van der Waals surface area contributed by atoms with Gasteiger partial charge in [-0.3, -0.25) is 23.6 Å². The zero-order chi connectivity index (χ0) is 27.9. The highest BCUT2D eigenvalue weighted by Gasteiger charge is 2.35. The number of hydrogen-bond acceptors (Lipinski definition) is 6. The number of carbonyl (C=O) groups excluding carboxylic acids is 2. The van der Waals surface area contributed by atoms with Gasteiger partial charge in [-0.1, -0.05) is 26.7 Å². The molecule has 1 aromatic heterocycles. The number of aromatic nitrogens is 2. The van der Waals surface area contributed by atoms with E-state index in [0.29, 0.717) is 36.3 Å². The second-order valence-corrected chi connectivity index (χ2v) is 8.36. The van der Waals surface area contributed by atoms with Gasteiger partial charge in [0.1, 0.15) is 0 Å². The van der Waals surface area contributed by atoms with E-state index in [1.54, 1.807) is 32.8 Å². The number of hydrogen-bond donors (Lipinski definition) is 0. The number of esters is 1. The molecule has 0 aliphatic heterocycles. The lowest BCUT2D eigenvalue weighted by atomic mass is 10.2. The second kappa shape index (κ2) is 13.1. The highest BCUT2D eigenvalue weighted by atomic mass is 19.3. The number of halogens is 4. The predicted octanol–water partition coefficient (Wildman–Crippen LogP) is 3.78. The van der Waals surface area contributed by atoms with Gasteiger partial charge >= 0.3 is 24.5 Å². The lowest BCUT2D eigenvalue weighted by Crippen LogP contribution is -2.46. The summed E-state index contributed by atoms with van der Waals surface area (Å²) in [6, 6.07) is 5.50. The standard InChI is InChI=1S/C24H30F4N4O5/c1-5-7-13-30-20(33)17(22(37-23(35)19(27)28)31(24(30)36)14-8-6-2)32(21(34)18(25)26)16-11-9-15(10-12-16)29(3)4/h9-12,18-19H,5-8,13-14H2,1-4H3. The van der Waals surface area contributed by atoms with Crippen LogP contribution in [0.4, 0.5) is 34.6 Å². The first-order valence-electron chi connectivity index (χ1n) is 11.7. The first-order chi connectivity index (χ1) is 17.5. The van der Waals surface area contributed by atoms with E-state index < -0.39 is 47.5 Å². The van der Waals surface area contributed by atoms with Crippen LogP contribution in [0.25, 0.3) is 0 Å². The highest BCUT2D eigenvalue weighted by molar-refractivity contribution is 6.03. The van der Waals surface area contributed by atoms with Crippen molar-refractivity contribution < 1.29 is 31.9 Å². The Kier molecular flexibility index (Phi) is 10.4. The van der Waals surface area contributed by atoms with Crippen molar-refractivity contribution in [3.8, 4) is 5.88 Å². The Morgan fingerprint density at radius 3 is 1.84 bits per heavy atom. The van der Waals surface area contributed by atoms with E-state index in [1.807, 2.05) is 0 Å². The van der Waals surface area contributed by atoms with Gasteiger partial charge < -0.3 is 9.64 Å². The molecular formula is C24H30F4N4O5. The van der Waals surface area contributed by atoms with Crippen LogP contribution in [0, 0.1) is 0 Å². The topological polar surface area (TPSA) is 93.8 Å². The molecule has 0 N–H and O–H groups in total. The zero-order valence-electron chi connectivity index (χ0n) is 21.0. The first-order valence-corrected chi connectivity index (χ1v) is 11.7. The molecule has 13 heteroatoms. The Balaban J connectivity index is 3.00. The van der Waals surface area contributed by atoms with Gasteiger partial charge in [-0.15, -0.1) is 0 Å². The van der Waals surface area contributed by atoms with Crippen molar-refractivity contribution in [2.45, 2.75) is 65.5 Å². The van der Waals surface area contributed by atoms with Crippen molar-refractivity contribution in [1.82, 2.24) is 9.13 Å². The van der Waals surface area contributed by atoms with Crippen molar-refractivity contribution >= 4 is 28.9 Å². The van der Waals surface area contributed by atoms with Gasteiger partial charge in [0.25, 0.3) is 11.5 Å². The number of anilines is 3. The maximum Gasteiger partial charge on any atom is 0.380 e. The summed E-state index contributed by atoms with van der Waals surface area (Å²) in [7, 11) is 3.43. The Morgan fingerprint density at radius 2 is 1.38 bits per heavy atom. The SMILES string of the molecule is CCCCn1c(OC(=O)C(F)F)c(N(C(=O)C(F)F)c2ccc(N(C)C)cc2)c(=O)n(CCCC)c1=O. The molecule has 1 aromatic carbocycles. The van der Waals surface area contributed by atoms with E-state index in [9.17, 15) is 36.7 Å². The molecule has 0 saturated heterocycles. The molecule has 0 saturated carbocycles. The van der Waals surface area contributed by atoms with Crippen LogP contribution in [-0.4, -0.2) is 48.0 Å². The van der Waals surface area contributed by atoms with Crippen LogP contribution in [0.3, 0.4) is 0 Å². The van der Waals surface area contributed by atoms with Crippen LogP contribution in [0.5, 0.6) is 5.88 Å². The summed E-state index contributed by atoms with van der Waals surface area (Å²) >= 11 is 0. The molecule has 0 radical (unpaired) electrons. The summed E-state index contributed by atoms with van der Waals surface area (Å²) in [5.41, 5.74) is -2.71. The number of amides is 1. The Labute approximate surface area is 210 Å². The number of unbranched alkanes of at least 4 members (excludes halogenated alkanes) is 2. The Morgan fingerprint density at radius 1 is 0.865 bits per heavy atom. The van der Waals surface area contributed by atoms with Crippen LogP contribution in [0.2, 0.25) is 0 Å². The molecular weight excluding hydrogens is 500 g/mol. The molecule has 1 heterocycles. The van der Waals surface area contributed by atoms with Gasteiger partial charge in [0, 0.05) is 38.6 Å². The van der Waals surface area contributed by atoms with Crippen LogP contribution in [0.1, 0.15) is 39.5 Å². The normalized spacial score (nSPS) is 11.2. The molecule has 204 valence electrons. The summed E-state index contributed by atoms with van der Waals surface area (Å²) in [5.74, 6) is -4.97. The molecule has 0 spiro atoms. The molecule has 0 atom stereocenters. The third-order valence-corrected chi connectivity index (χ3v) is 5.46. The number of alkyl halides is 4. The van der Waals surface area contributed by atoms with E-state index in [1.165, 1.54) is 24.3 Å². The molecule has 1 amide bonds. The van der Waals surface area contributed by atoms with E-state index in [0.717, 1.165) is 9.13 Å². The maximum atomic E-state index is 13.8. The smallest absolute Gasteiger partial charge is 0.380 e. The van der Waals surface area contributed by atoms with E-state index in [2.05, 4.69) is 0 Å². The third-order valence-electron chi connectivity index (χ3n) is 5.46. The molecule has 0 fully saturated rings. The fourth-order valence-corrected chi connectivity index (χ4v) is 3.49. The van der Waals surface area contributed by atoms with Gasteiger partial charge in [0.15, 0.2) is 5.69 Å². The zero-order valence-corrected chi connectivity index (χ0v) is 21.0. The summed E-state index contributed by atoms with van der Waals surface area (Å²) < 4.78 is 60.2. The van der Waals surface area contributed by atoms with Crippen molar-refractivity contribution in [2.24, 2.45) is 0 Å². The first kappa shape index (κ1) is 29.6. The second-order valence-electron chi connectivity index (χ2n) is 8.36. The Bertz CT molecular complexity index is 1210. The molecule has 0 aliphatic carbocycles. The van der Waals surface area contributed by atoms with Crippen LogP contribution >= 0.6 is 0 Å². The van der Waals surface area contributed by atoms with Gasteiger partial charge in [0.2, 0.25) is 5.88 Å². The number of rotatable bonds is 12. The number of ether oxygens (including phenoxy) is 1. The van der Waals surface area contributed by atoms with E-state index >= 15 is 0 Å². The summed E-state index contributed by atoms with van der Waals surface area (Å²) in [6.07, 6.45) is -5.55. The highest BCUT2D eigenvalue weighted by Crippen LogP contribution is 2.33. The van der Waals surface area contributed by atoms with E-state index in [4.69, 9.17) is 4.74 Å². The molecule has 9 nitrogen and oxygen atoms in total. The van der Waals surface area contributed by atoms with Crippen LogP contribution in [0.15, 0.2) is 33.9 Å². The number of carbonyl (C=O) groups is 2. The van der Waals surface area contributed by atoms with Crippen molar-refractivity contribution in [3.63, 3.8) is 0 Å². The van der Waals surface area contributed by atoms with Crippen molar-refractivity contribution in [1.29, 1.82) is 0 Å². The van der Waals surface area contributed by atoms with Gasteiger partial charge in [-0.2, -0.15) is 17.6 Å². The average molecular weight is 531 g/mol. The lowest BCUT2D eigenvalue weighted by Gasteiger charge is -2.27. The van der Waals surface area contributed by atoms with Crippen molar-refractivity contribution in [3.05, 3.63) is 45.1 Å². The van der Waals surface area contributed by atoms with Crippen LogP contribution < -0.4 is 25.8 Å². The molecule has 0 unspecified atom stereocenters. The lowest BCUT2D eigenvalue weighted by molar-refractivity contribution is -0.147. The summed E-state index contributed by atoms with van der Waals surface area (Å²) in [4.78, 5) is 53.4. The van der Waals surface area contributed by atoms with Crippen LogP contribution in [-0.2, 0) is 22.7 Å². The molecule has 0 aliphatic rings. The number of nitrogens with zero attached hydrogens (tertiary/aromatic N) is 4. The minimum atomic E-state index is -3.65. The minimum absolute atomic E-state index is 0.132. The van der Waals surface area contributed by atoms with E-state index in [-0.39, 0.29) is 18.8 Å². The molecule has 2 rings (SSSR count). The molecule has 0 bridgehead atoms. The number of benzene rings is 1. The van der Waals surface area contributed by atoms with Gasteiger partial charge in [-0.05, 0) is 37.1 Å². The van der Waals surface area contributed by atoms with Crippen molar-refractivity contribution in [2.75, 3.05) is 23.9 Å². The summed E-state index contributed by atoms with van der Waals surface area (Å²) in [5, 5.41) is 0. The fourth-order valence-electron chi connectivity index (χ4n) is 3.49. The predicted molar refractivity (Wildman–Crippen MR) is 130 cm³/mol. The third kappa shape index (κ3) is 6.77. The quantitative estimate of drug-likeness (QED) is 0.306. The van der Waals surface area contributed by atoms with Gasteiger partial charge in [0.05, 0.1) is 0 Å². The average Bonchev–Trinajstić information content (AvgIpc) is 2.85. The minimum Gasteiger partial charge on any atom is -0.402 e. The monoisotopic (exact) mass is 530 g/mol. The molecule has 37 heavy (non-hydrogen) atoms. The maximum absolute atomic E-state index is 13.8.